The largest absolute Gasteiger partial charge is 0.364 e. The zero-order valence-corrected chi connectivity index (χ0v) is 13.5. The van der Waals surface area contributed by atoms with Crippen molar-refractivity contribution < 1.29 is 9.32 Å². The van der Waals surface area contributed by atoms with E-state index in [0.717, 1.165) is 33.0 Å². The van der Waals surface area contributed by atoms with Crippen LogP contribution < -0.4 is 5.32 Å². The summed E-state index contributed by atoms with van der Waals surface area (Å²) in [4.78, 5) is 16.3. The van der Waals surface area contributed by atoms with E-state index in [-0.39, 0.29) is 5.91 Å². The third-order valence-electron chi connectivity index (χ3n) is 3.05. The molecule has 0 saturated heterocycles. The highest BCUT2D eigenvalue weighted by molar-refractivity contribution is 8.01. The summed E-state index contributed by atoms with van der Waals surface area (Å²) >= 11 is 3.10. The molecule has 0 aliphatic heterocycles. The topological polar surface area (TPSA) is 68.0 Å². The highest BCUT2D eigenvalue weighted by Gasteiger charge is 2.07. The van der Waals surface area contributed by atoms with E-state index in [0.29, 0.717) is 12.3 Å². The quantitative estimate of drug-likeness (QED) is 0.531. The molecule has 0 unspecified atom stereocenters. The van der Waals surface area contributed by atoms with Gasteiger partial charge in [-0.1, -0.05) is 29.1 Å². The number of hydrogen-bond donors (Lipinski definition) is 1. The Morgan fingerprint density at radius 3 is 3.09 bits per heavy atom. The van der Waals surface area contributed by atoms with Crippen LogP contribution in [0.1, 0.15) is 12.0 Å². The van der Waals surface area contributed by atoms with Crippen LogP contribution in [0.5, 0.6) is 0 Å². The second-order valence-electron chi connectivity index (χ2n) is 4.72. The van der Waals surface area contributed by atoms with Gasteiger partial charge in [0.05, 0.1) is 22.2 Å². The molecule has 0 radical (unpaired) electrons. The fourth-order valence-corrected chi connectivity index (χ4v) is 3.86. The molecule has 5 nitrogen and oxygen atoms in total. The van der Waals surface area contributed by atoms with Crippen molar-refractivity contribution in [2.75, 3.05) is 12.3 Å². The number of nitrogens with one attached hydrogen (secondary N) is 1. The van der Waals surface area contributed by atoms with E-state index in [1.165, 1.54) is 11.8 Å². The number of fused-ring (bicyclic) bond motifs is 1. The van der Waals surface area contributed by atoms with E-state index in [4.69, 9.17) is 4.52 Å². The molecule has 1 amide bonds. The maximum absolute atomic E-state index is 11.8. The lowest BCUT2D eigenvalue weighted by Crippen LogP contribution is -2.26. The van der Waals surface area contributed by atoms with Crippen molar-refractivity contribution in [2.45, 2.75) is 17.2 Å². The van der Waals surface area contributed by atoms with Gasteiger partial charge in [-0.05, 0) is 25.0 Å². The smallest absolute Gasteiger partial charge is 0.230 e. The molecule has 1 aromatic carbocycles. The molecule has 0 aliphatic rings. The second kappa shape index (κ2) is 7.42. The molecule has 0 spiro atoms. The Bertz CT molecular complexity index is 707. The Labute approximate surface area is 136 Å². The molecule has 0 saturated carbocycles. The normalized spacial score (nSPS) is 10.9. The van der Waals surface area contributed by atoms with E-state index < -0.39 is 0 Å². The van der Waals surface area contributed by atoms with Crippen LogP contribution >= 0.6 is 23.1 Å². The molecule has 2 heterocycles. The number of thiazole rings is 1. The molecule has 2 aromatic heterocycles. The standard InChI is InChI=1S/C15H15N3O2S2/c19-14(16-7-3-4-11-8-17-20-9-11)10-21-15-18-12-5-1-2-6-13(12)22-15/h1-2,5-6,8-9H,3-4,7,10H2,(H,16,19). The molecular weight excluding hydrogens is 318 g/mol. The van der Waals surface area contributed by atoms with Gasteiger partial charge in [-0.25, -0.2) is 4.98 Å². The van der Waals surface area contributed by atoms with Gasteiger partial charge in [0.15, 0.2) is 4.34 Å². The number of aryl methyl sites for hydroxylation is 1. The Morgan fingerprint density at radius 1 is 1.36 bits per heavy atom. The molecule has 22 heavy (non-hydrogen) atoms. The van der Waals surface area contributed by atoms with Gasteiger partial charge >= 0.3 is 0 Å². The predicted molar refractivity (Wildman–Crippen MR) is 88.2 cm³/mol. The van der Waals surface area contributed by atoms with Crippen LogP contribution in [0.4, 0.5) is 0 Å². The second-order valence-corrected chi connectivity index (χ2v) is 6.98. The van der Waals surface area contributed by atoms with Crippen LogP contribution in [0.15, 0.2) is 45.6 Å². The van der Waals surface area contributed by atoms with Crippen molar-refractivity contribution >= 4 is 39.2 Å². The van der Waals surface area contributed by atoms with Crippen LogP contribution in [0.2, 0.25) is 0 Å². The Hall–Kier alpha value is -1.86. The summed E-state index contributed by atoms with van der Waals surface area (Å²) in [5, 5.41) is 6.56. The molecule has 1 N–H and O–H groups in total. The maximum atomic E-state index is 11.8. The SMILES string of the molecule is O=C(CSc1nc2ccccc2s1)NCCCc1cnoc1. The minimum absolute atomic E-state index is 0.0366. The number of rotatable bonds is 7. The van der Waals surface area contributed by atoms with Crippen LogP contribution in [-0.2, 0) is 11.2 Å². The summed E-state index contributed by atoms with van der Waals surface area (Å²) in [6.45, 7) is 0.657. The molecule has 114 valence electrons. The number of amides is 1. The first-order chi connectivity index (χ1) is 10.8. The zero-order valence-electron chi connectivity index (χ0n) is 11.8. The average Bonchev–Trinajstić information content (AvgIpc) is 3.18. The van der Waals surface area contributed by atoms with Crippen molar-refractivity contribution in [3.05, 3.63) is 42.3 Å². The Kier molecular flexibility index (Phi) is 5.07. The van der Waals surface area contributed by atoms with Gasteiger partial charge in [-0.15, -0.1) is 11.3 Å². The van der Waals surface area contributed by atoms with E-state index >= 15 is 0 Å². The number of carbonyl (C=O) groups excluding carboxylic acids is 1. The maximum Gasteiger partial charge on any atom is 0.230 e. The van der Waals surface area contributed by atoms with E-state index in [2.05, 4.69) is 15.5 Å². The number of hydrogen-bond acceptors (Lipinski definition) is 6. The van der Waals surface area contributed by atoms with E-state index in [9.17, 15) is 4.79 Å². The van der Waals surface area contributed by atoms with Gasteiger partial charge in [0.25, 0.3) is 0 Å². The summed E-state index contributed by atoms with van der Waals surface area (Å²) in [5.41, 5.74) is 2.04. The third-order valence-corrected chi connectivity index (χ3v) is 5.23. The van der Waals surface area contributed by atoms with Crippen molar-refractivity contribution in [1.29, 1.82) is 0 Å². The number of nitrogens with zero attached hydrogens (tertiary/aromatic N) is 2. The highest BCUT2D eigenvalue weighted by Crippen LogP contribution is 2.28. The molecule has 3 aromatic rings. The average molecular weight is 333 g/mol. The lowest BCUT2D eigenvalue weighted by atomic mass is 10.2. The highest BCUT2D eigenvalue weighted by atomic mass is 32.2. The monoisotopic (exact) mass is 333 g/mol. The van der Waals surface area contributed by atoms with Crippen LogP contribution in [0, 0.1) is 0 Å². The van der Waals surface area contributed by atoms with Crippen molar-refractivity contribution in [3.8, 4) is 0 Å². The van der Waals surface area contributed by atoms with Crippen LogP contribution in [0.25, 0.3) is 10.2 Å². The fraction of sp³-hybridized carbons (Fsp3) is 0.267. The summed E-state index contributed by atoms with van der Waals surface area (Å²) in [6, 6.07) is 8.00. The first kappa shape index (κ1) is 15.1. The fourth-order valence-electron chi connectivity index (χ4n) is 1.96. The summed E-state index contributed by atoms with van der Waals surface area (Å²) in [6.07, 6.45) is 5.06. The first-order valence-corrected chi connectivity index (χ1v) is 8.75. The van der Waals surface area contributed by atoms with Gasteiger partial charge in [0.1, 0.15) is 6.26 Å². The van der Waals surface area contributed by atoms with Crippen LogP contribution in [-0.4, -0.2) is 28.3 Å². The molecule has 0 atom stereocenters. The minimum Gasteiger partial charge on any atom is -0.364 e. The molecule has 3 rings (SSSR count). The van der Waals surface area contributed by atoms with Gasteiger partial charge in [0.2, 0.25) is 5.91 Å². The Balaban J connectivity index is 1.38. The van der Waals surface area contributed by atoms with Crippen molar-refractivity contribution in [1.82, 2.24) is 15.5 Å². The minimum atomic E-state index is 0.0366. The molecule has 0 bridgehead atoms. The zero-order chi connectivity index (χ0) is 15.2. The summed E-state index contributed by atoms with van der Waals surface area (Å²) in [7, 11) is 0. The van der Waals surface area contributed by atoms with Gasteiger partial charge < -0.3 is 9.84 Å². The number of benzene rings is 1. The predicted octanol–water partition coefficient (Wildman–Crippen LogP) is 3.13. The molecular formula is C15H15N3O2S2. The number of thioether (sulfide) groups is 1. The van der Waals surface area contributed by atoms with Crippen molar-refractivity contribution in [2.24, 2.45) is 0 Å². The van der Waals surface area contributed by atoms with Gasteiger partial charge in [-0.3, -0.25) is 4.79 Å². The van der Waals surface area contributed by atoms with Gasteiger partial charge in [-0.2, -0.15) is 0 Å². The van der Waals surface area contributed by atoms with E-state index in [1.807, 2.05) is 24.3 Å². The lowest BCUT2D eigenvalue weighted by Gasteiger charge is -2.03. The van der Waals surface area contributed by atoms with E-state index in [1.54, 1.807) is 23.8 Å². The molecule has 7 heteroatoms. The lowest BCUT2D eigenvalue weighted by molar-refractivity contribution is -0.118. The first-order valence-electron chi connectivity index (χ1n) is 6.94. The van der Waals surface area contributed by atoms with Crippen molar-refractivity contribution in [3.63, 3.8) is 0 Å². The summed E-state index contributed by atoms with van der Waals surface area (Å²) in [5.74, 6) is 0.433. The van der Waals surface area contributed by atoms with Crippen LogP contribution in [0.3, 0.4) is 0 Å². The third kappa shape index (κ3) is 4.08. The number of aromatic nitrogens is 2. The summed E-state index contributed by atoms with van der Waals surface area (Å²) < 4.78 is 6.84. The van der Waals surface area contributed by atoms with Gasteiger partial charge in [0, 0.05) is 12.1 Å². The molecule has 0 aliphatic carbocycles. The number of carbonyl (C=O) groups is 1. The molecule has 0 fully saturated rings. The Morgan fingerprint density at radius 2 is 2.27 bits per heavy atom. The number of para-hydroxylation sites is 1.